The highest BCUT2D eigenvalue weighted by Gasteiger charge is 2.24. The first kappa shape index (κ1) is 15.3. The van der Waals surface area contributed by atoms with Gasteiger partial charge in [-0.2, -0.15) is 0 Å². The molecule has 0 fully saturated rings. The smallest absolute Gasteiger partial charge is 0.122 e. The third-order valence-corrected chi connectivity index (χ3v) is 3.93. The van der Waals surface area contributed by atoms with E-state index in [9.17, 15) is 0 Å². The Hall–Kier alpha value is -1.06. The fourth-order valence-corrected chi connectivity index (χ4v) is 2.86. The van der Waals surface area contributed by atoms with Crippen molar-refractivity contribution in [1.29, 1.82) is 0 Å². The molecular weight excluding hydrogens is 250 g/mol. The van der Waals surface area contributed by atoms with Gasteiger partial charge in [-0.1, -0.05) is 19.1 Å². The molecule has 2 rings (SSSR count). The number of ether oxygens (including phenoxy) is 1. The van der Waals surface area contributed by atoms with Crippen molar-refractivity contribution in [2.75, 3.05) is 19.8 Å². The molecule has 1 aromatic carbocycles. The Kier molecular flexibility index (Phi) is 6.34. The average molecular weight is 277 g/mol. The fraction of sp³-hybridized carbons (Fsp3) is 0.647. The van der Waals surface area contributed by atoms with Crippen LogP contribution in [-0.2, 0) is 6.42 Å². The van der Waals surface area contributed by atoms with Crippen LogP contribution >= 0.6 is 0 Å². The molecule has 2 N–H and O–H groups in total. The van der Waals surface area contributed by atoms with E-state index in [0.29, 0.717) is 6.04 Å². The monoisotopic (exact) mass is 277 g/mol. The van der Waals surface area contributed by atoms with Crippen molar-refractivity contribution in [3.63, 3.8) is 0 Å². The number of nitrogens with one attached hydrogen (secondary N) is 1. The summed E-state index contributed by atoms with van der Waals surface area (Å²) in [6.07, 6.45) is 6.39. The van der Waals surface area contributed by atoms with Gasteiger partial charge < -0.3 is 15.2 Å². The quantitative estimate of drug-likeness (QED) is 0.681. The van der Waals surface area contributed by atoms with Gasteiger partial charge in [-0.15, -0.1) is 0 Å². The van der Waals surface area contributed by atoms with Gasteiger partial charge in [0, 0.05) is 12.6 Å². The van der Waals surface area contributed by atoms with E-state index in [0.717, 1.165) is 44.6 Å². The first-order chi connectivity index (χ1) is 9.86. The molecular formula is C17H27NO2. The van der Waals surface area contributed by atoms with Crippen LogP contribution in [0.1, 0.15) is 56.2 Å². The van der Waals surface area contributed by atoms with Gasteiger partial charge in [0.05, 0.1) is 6.61 Å². The number of aliphatic hydroxyl groups excluding tert-OH is 1. The Morgan fingerprint density at radius 2 is 2.20 bits per heavy atom. The zero-order valence-electron chi connectivity index (χ0n) is 12.5. The second-order valence-corrected chi connectivity index (χ2v) is 5.50. The van der Waals surface area contributed by atoms with Gasteiger partial charge in [0.25, 0.3) is 0 Å². The molecule has 0 saturated carbocycles. The number of hydrogen-bond donors (Lipinski definition) is 2. The molecule has 0 spiro atoms. The predicted molar refractivity (Wildman–Crippen MR) is 82.2 cm³/mol. The minimum Gasteiger partial charge on any atom is -0.493 e. The Morgan fingerprint density at radius 3 is 3.00 bits per heavy atom. The number of fused-ring (bicyclic) bond motifs is 1. The molecule has 1 aromatic rings. The van der Waals surface area contributed by atoms with E-state index < -0.39 is 0 Å². The third-order valence-electron chi connectivity index (χ3n) is 3.93. The molecule has 3 heteroatoms. The minimum atomic E-state index is 0.283. The van der Waals surface area contributed by atoms with Crippen LogP contribution in [0, 0.1) is 0 Å². The van der Waals surface area contributed by atoms with Gasteiger partial charge in [0.2, 0.25) is 0 Å². The largest absolute Gasteiger partial charge is 0.493 e. The summed E-state index contributed by atoms with van der Waals surface area (Å²) >= 11 is 0. The summed E-state index contributed by atoms with van der Waals surface area (Å²) in [6, 6.07) is 6.93. The van der Waals surface area contributed by atoms with Crippen molar-refractivity contribution in [3.8, 4) is 5.75 Å². The summed E-state index contributed by atoms with van der Waals surface area (Å²) in [5.74, 6) is 1.06. The normalized spacial score (nSPS) is 17.2. The van der Waals surface area contributed by atoms with Crippen molar-refractivity contribution in [1.82, 2.24) is 5.32 Å². The first-order valence-electron chi connectivity index (χ1n) is 7.95. The van der Waals surface area contributed by atoms with E-state index in [1.165, 1.54) is 24.0 Å². The fourth-order valence-electron chi connectivity index (χ4n) is 2.86. The van der Waals surface area contributed by atoms with Crippen LogP contribution in [0.2, 0.25) is 0 Å². The standard InChI is InChI=1S/C17H27NO2/c1-2-11-18-16-10-9-15-14(16)7-6-8-17(15)20-13-5-3-4-12-19/h6-8,16,18-19H,2-5,9-13H2,1H3. The van der Waals surface area contributed by atoms with Crippen molar-refractivity contribution >= 4 is 0 Å². The maximum atomic E-state index is 8.76. The van der Waals surface area contributed by atoms with Crippen LogP contribution in [0.4, 0.5) is 0 Å². The van der Waals surface area contributed by atoms with Gasteiger partial charge in [-0.25, -0.2) is 0 Å². The molecule has 1 atom stereocenters. The highest BCUT2D eigenvalue weighted by atomic mass is 16.5. The summed E-state index contributed by atoms with van der Waals surface area (Å²) in [6.45, 7) is 4.32. The van der Waals surface area contributed by atoms with Gasteiger partial charge in [-0.05, 0) is 62.3 Å². The molecule has 0 aromatic heterocycles. The lowest BCUT2D eigenvalue weighted by Crippen LogP contribution is -2.19. The Balaban J connectivity index is 1.90. The van der Waals surface area contributed by atoms with E-state index in [4.69, 9.17) is 9.84 Å². The highest BCUT2D eigenvalue weighted by Crippen LogP contribution is 2.36. The molecule has 1 aliphatic rings. The molecule has 112 valence electrons. The lowest BCUT2D eigenvalue weighted by Gasteiger charge is -2.15. The number of unbranched alkanes of at least 4 members (excludes halogenated alkanes) is 2. The molecule has 0 radical (unpaired) electrons. The lowest BCUT2D eigenvalue weighted by atomic mass is 10.1. The maximum absolute atomic E-state index is 8.76. The number of aliphatic hydroxyl groups is 1. The molecule has 0 bridgehead atoms. The summed E-state index contributed by atoms with van der Waals surface area (Å²) in [5, 5.41) is 12.4. The average Bonchev–Trinajstić information content (AvgIpc) is 2.89. The third kappa shape index (κ3) is 3.97. The number of benzene rings is 1. The molecule has 0 amide bonds. The van der Waals surface area contributed by atoms with Gasteiger partial charge in [0.1, 0.15) is 5.75 Å². The van der Waals surface area contributed by atoms with Crippen molar-refractivity contribution in [2.45, 2.75) is 51.5 Å². The minimum absolute atomic E-state index is 0.283. The van der Waals surface area contributed by atoms with Crippen LogP contribution < -0.4 is 10.1 Å². The first-order valence-corrected chi connectivity index (χ1v) is 7.95. The van der Waals surface area contributed by atoms with E-state index in [1.54, 1.807) is 0 Å². The summed E-state index contributed by atoms with van der Waals surface area (Å²) in [7, 11) is 0. The van der Waals surface area contributed by atoms with Gasteiger partial charge in [0.15, 0.2) is 0 Å². The zero-order chi connectivity index (χ0) is 14.2. The summed E-state index contributed by atoms with van der Waals surface area (Å²) in [4.78, 5) is 0. The zero-order valence-corrected chi connectivity index (χ0v) is 12.5. The van der Waals surface area contributed by atoms with Crippen molar-refractivity contribution in [3.05, 3.63) is 29.3 Å². The molecule has 0 saturated heterocycles. The maximum Gasteiger partial charge on any atom is 0.122 e. The molecule has 0 aliphatic heterocycles. The topological polar surface area (TPSA) is 41.5 Å². The predicted octanol–water partition coefficient (Wildman–Crippen LogP) is 3.21. The van der Waals surface area contributed by atoms with Crippen molar-refractivity contribution in [2.24, 2.45) is 0 Å². The van der Waals surface area contributed by atoms with E-state index in [-0.39, 0.29) is 6.61 Å². The SMILES string of the molecule is CCCNC1CCc2c(OCCCCCO)cccc21. The number of rotatable bonds is 9. The van der Waals surface area contributed by atoms with Crippen LogP contribution in [0.3, 0.4) is 0 Å². The number of hydrogen-bond acceptors (Lipinski definition) is 3. The Bertz CT molecular complexity index is 406. The van der Waals surface area contributed by atoms with E-state index >= 15 is 0 Å². The van der Waals surface area contributed by atoms with Crippen LogP contribution in [0.25, 0.3) is 0 Å². The van der Waals surface area contributed by atoms with E-state index in [1.807, 2.05) is 0 Å². The van der Waals surface area contributed by atoms with E-state index in [2.05, 4.69) is 30.4 Å². The molecule has 0 heterocycles. The van der Waals surface area contributed by atoms with Crippen LogP contribution in [0.15, 0.2) is 18.2 Å². The molecule has 1 aliphatic carbocycles. The van der Waals surface area contributed by atoms with Gasteiger partial charge >= 0.3 is 0 Å². The Labute approximate surface area is 122 Å². The van der Waals surface area contributed by atoms with Crippen molar-refractivity contribution < 1.29 is 9.84 Å². The van der Waals surface area contributed by atoms with Crippen LogP contribution in [0.5, 0.6) is 5.75 Å². The molecule has 3 nitrogen and oxygen atoms in total. The molecule has 1 unspecified atom stereocenters. The lowest BCUT2D eigenvalue weighted by molar-refractivity contribution is 0.265. The van der Waals surface area contributed by atoms with Crippen LogP contribution in [-0.4, -0.2) is 24.9 Å². The summed E-state index contributed by atoms with van der Waals surface area (Å²) < 4.78 is 5.94. The second kappa shape index (κ2) is 8.28. The molecule has 20 heavy (non-hydrogen) atoms. The summed E-state index contributed by atoms with van der Waals surface area (Å²) in [5.41, 5.74) is 2.81. The highest BCUT2D eigenvalue weighted by molar-refractivity contribution is 5.45. The Morgan fingerprint density at radius 1 is 1.30 bits per heavy atom. The second-order valence-electron chi connectivity index (χ2n) is 5.50. The van der Waals surface area contributed by atoms with Gasteiger partial charge in [-0.3, -0.25) is 0 Å².